The third kappa shape index (κ3) is 3.32. The summed E-state index contributed by atoms with van der Waals surface area (Å²) in [7, 11) is 1.36. The molecule has 1 unspecified atom stereocenters. The van der Waals surface area contributed by atoms with Crippen molar-refractivity contribution >= 4 is 21.9 Å². The highest BCUT2D eigenvalue weighted by molar-refractivity contribution is 9.10. The van der Waals surface area contributed by atoms with Crippen LogP contribution in [0, 0.1) is 6.92 Å². The molecule has 0 aliphatic carbocycles. The van der Waals surface area contributed by atoms with Crippen LogP contribution in [0.4, 0.5) is 0 Å². The van der Waals surface area contributed by atoms with Crippen molar-refractivity contribution in [2.45, 2.75) is 19.4 Å². The number of esters is 1. The van der Waals surface area contributed by atoms with E-state index in [4.69, 9.17) is 5.73 Å². The van der Waals surface area contributed by atoms with Crippen LogP contribution in [0.3, 0.4) is 0 Å². The topological polar surface area (TPSA) is 52.3 Å². The molecule has 0 amide bonds. The van der Waals surface area contributed by atoms with E-state index in [1.165, 1.54) is 7.11 Å². The summed E-state index contributed by atoms with van der Waals surface area (Å²) in [6, 6.07) is 5.52. The maximum Gasteiger partial charge on any atom is 0.307 e. The van der Waals surface area contributed by atoms with Crippen LogP contribution in [-0.4, -0.2) is 13.1 Å². The van der Waals surface area contributed by atoms with Gasteiger partial charge in [0.05, 0.1) is 13.5 Å². The number of hydrogen-bond acceptors (Lipinski definition) is 3. The molecule has 0 aliphatic rings. The molecule has 0 saturated carbocycles. The zero-order chi connectivity index (χ0) is 11.4. The largest absolute Gasteiger partial charge is 0.469 e. The van der Waals surface area contributed by atoms with Crippen molar-refractivity contribution in [1.29, 1.82) is 0 Å². The SMILES string of the molecule is COC(=O)CC(N)c1ccc(Br)cc1C. The van der Waals surface area contributed by atoms with E-state index in [9.17, 15) is 4.79 Å². The summed E-state index contributed by atoms with van der Waals surface area (Å²) in [5, 5.41) is 0. The lowest BCUT2D eigenvalue weighted by atomic mass is 10.00. The Hall–Kier alpha value is -0.870. The first-order valence-corrected chi connectivity index (χ1v) is 5.42. The van der Waals surface area contributed by atoms with Crippen molar-refractivity contribution < 1.29 is 9.53 Å². The summed E-state index contributed by atoms with van der Waals surface area (Å²) in [6.07, 6.45) is 0.207. The highest BCUT2D eigenvalue weighted by Crippen LogP contribution is 2.22. The lowest BCUT2D eigenvalue weighted by molar-refractivity contribution is -0.141. The van der Waals surface area contributed by atoms with Gasteiger partial charge >= 0.3 is 5.97 Å². The van der Waals surface area contributed by atoms with Crippen molar-refractivity contribution in [2.75, 3.05) is 7.11 Å². The normalized spacial score (nSPS) is 12.3. The number of rotatable bonds is 3. The van der Waals surface area contributed by atoms with Crippen molar-refractivity contribution in [2.24, 2.45) is 5.73 Å². The van der Waals surface area contributed by atoms with E-state index in [-0.39, 0.29) is 18.4 Å². The molecular formula is C11H14BrNO2. The molecule has 1 aromatic carbocycles. The summed E-state index contributed by atoms with van der Waals surface area (Å²) >= 11 is 3.38. The Morgan fingerprint density at radius 3 is 2.80 bits per heavy atom. The predicted octanol–water partition coefficient (Wildman–Crippen LogP) is 2.32. The van der Waals surface area contributed by atoms with Crippen molar-refractivity contribution in [3.8, 4) is 0 Å². The van der Waals surface area contributed by atoms with Crippen LogP contribution < -0.4 is 5.73 Å². The van der Waals surface area contributed by atoms with Crippen LogP contribution in [0.15, 0.2) is 22.7 Å². The Labute approximate surface area is 97.7 Å². The van der Waals surface area contributed by atoms with Gasteiger partial charge in [0.15, 0.2) is 0 Å². The third-order valence-corrected chi connectivity index (χ3v) is 2.74. The van der Waals surface area contributed by atoms with Crippen LogP contribution in [0.1, 0.15) is 23.6 Å². The standard InChI is InChI=1S/C11H14BrNO2/c1-7-5-8(12)3-4-9(7)10(13)6-11(14)15-2/h3-5,10H,6,13H2,1-2H3. The zero-order valence-electron chi connectivity index (χ0n) is 8.79. The fourth-order valence-corrected chi connectivity index (χ4v) is 1.90. The molecule has 0 aliphatic heterocycles. The molecule has 4 heteroatoms. The number of benzene rings is 1. The van der Waals surface area contributed by atoms with Gasteiger partial charge in [-0.05, 0) is 30.2 Å². The summed E-state index contributed by atoms with van der Waals surface area (Å²) in [5.74, 6) is -0.287. The van der Waals surface area contributed by atoms with E-state index >= 15 is 0 Å². The highest BCUT2D eigenvalue weighted by atomic mass is 79.9. The number of hydrogen-bond donors (Lipinski definition) is 1. The minimum Gasteiger partial charge on any atom is -0.469 e. The fraction of sp³-hybridized carbons (Fsp3) is 0.364. The minimum absolute atomic E-state index is 0.207. The van der Waals surface area contributed by atoms with Gasteiger partial charge in [-0.3, -0.25) is 4.79 Å². The van der Waals surface area contributed by atoms with E-state index in [2.05, 4.69) is 20.7 Å². The lowest BCUT2D eigenvalue weighted by Gasteiger charge is -2.13. The number of nitrogens with two attached hydrogens (primary N) is 1. The smallest absolute Gasteiger partial charge is 0.307 e. The molecule has 0 radical (unpaired) electrons. The van der Waals surface area contributed by atoms with E-state index in [0.29, 0.717) is 0 Å². The van der Waals surface area contributed by atoms with Crippen LogP contribution in [0.25, 0.3) is 0 Å². The molecule has 3 nitrogen and oxygen atoms in total. The number of aryl methyl sites for hydroxylation is 1. The van der Waals surface area contributed by atoms with Gasteiger partial charge in [-0.1, -0.05) is 22.0 Å². The first kappa shape index (κ1) is 12.2. The Morgan fingerprint density at radius 2 is 2.27 bits per heavy atom. The van der Waals surface area contributed by atoms with Gasteiger partial charge < -0.3 is 10.5 Å². The van der Waals surface area contributed by atoms with Gasteiger partial charge in [-0.2, -0.15) is 0 Å². The molecule has 0 fully saturated rings. The quantitative estimate of drug-likeness (QED) is 0.859. The Bertz CT molecular complexity index is 366. The molecule has 0 aromatic heterocycles. The average molecular weight is 272 g/mol. The second kappa shape index (κ2) is 5.28. The zero-order valence-corrected chi connectivity index (χ0v) is 10.4. The molecule has 0 heterocycles. The van der Waals surface area contributed by atoms with Gasteiger partial charge in [0.1, 0.15) is 0 Å². The first-order chi connectivity index (χ1) is 7.04. The molecule has 0 saturated heterocycles. The molecule has 0 spiro atoms. The van der Waals surface area contributed by atoms with Gasteiger partial charge in [0, 0.05) is 10.5 Å². The van der Waals surface area contributed by atoms with E-state index in [0.717, 1.165) is 15.6 Å². The van der Waals surface area contributed by atoms with Crippen molar-refractivity contribution in [3.05, 3.63) is 33.8 Å². The third-order valence-electron chi connectivity index (χ3n) is 2.25. The predicted molar refractivity (Wildman–Crippen MR) is 62.4 cm³/mol. The Kier molecular flexibility index (Phi) is 4.29. The number of methoxy groups -OCH3 is 1. The van der Waals surface area contributed by atoms with Crippen LogP contribution in [0.5, 0.6) is 0 Å². The summed E-state index contributed by atoms with van der Waals surface area (Å²) in [4.78, 5) is 11.1. The molecule has 2 N–H and O–H groups in total. The van der Waals surface area contributed by atoms with E-state index in [1.54, 1.807) is 0 Å². The molecular weight excluding hydrogens is 258 g/mol. The summed E-state index contributed by atoms with van der Waals surface area (Å²) < 4.78 is 5.59. The number of halogens is 1. The Balaban J connectivity index is 2.82. The average Bonchev–Trinajstić information content (AvgIpc) is 2.17. The molecule has 1 atom stereocenters. The maximum atomic E-state index is 11.1. The monoisotopic (exact) mass is 271 g/mol. The fourth-order valence-electron chi connectivity index (χ4n) is 1.43. The number of carbonyl (C=O) groups excluding carboxylic acids is 1. The van der Waals surface area contributed by atoms with Crippen molar-refractivity contribution in [1.82, 2.24) is 0 Å². The maximum absolute atomic E-state index is 11.1. The summed E-state index contributed by atoms with van der Waals surface area (Å²) in [6.45, 7) is 1.97. The van der Waals surface area contributed by atoms with Crippen LogP contribution >= 0.6 is 15.9 Å². The molecule has 15 heavy (non-hydrogen) atoms. The number of ether oxygens (including phenoxy) is 1. The molecule has 1 rings (SSSR count). The van der Waals surface area contributed by atoms with Crippen LogP contribution in [0.2, 0.25) is 0 Å². The van der Waals surface area contributed by atoms with Gasteiger partial charge in [-0.25, -0.2) is 0 Å². The van der Waals surface area contributed by atoms with Gasteiger partial charge in [0.25, 0.3) is 0 Å². The second-order valence-corrected chi connectivity index (χ2v) is 4.30. The van der Waals surface area contributed by atoms with Crippen LogP contribution in [-0.2, 0) is 9.53 Å². The summed E-state index contributed by atoms with van der Waals surface area (Å²) in [5.41, 5.74) is 7.95. The van der Waals surface area contributed by atoms with Crippen molar-refractivity contribution in [3.63, 3.8) is 0 Å². The minimum atomic E-state index is -0.300. The Morgan fingerprint density at radius 1 is 1.60 bits per heavy atom. The lowest BCUT2D eigenvalue weighted by Crippen LogP contribution is -2.17. The first-order valence-electron chi connectivity index (χ1n) is 4.63. The molecule has 82 valence electrons. The number of carbonyl (C=O) groups is 1. The van der Waals surface area contributed by atoms with Gasteiger partial charge in [-0.15, -0.1) is 0 Å². The van der Waals surface area contributed by atoms with E-state index < -0.39 is 0 Å². The molecule has 1 aromatic rings. The van der Waals surface area contributed by atoms with E-state index in [1.807, 2.05) is 25.1 Å². The second-order valence-electron chi connectivity index (χ2n) is 3.39. The molecule has 0 bridgehead atoms. The van der Waals surface area contributed by atoms with Gasteiger partial charge in [0.2, 0.25) is 0 Å². The highest BCUT2D eigenvalue weighted by Gasteiger charge is 2.13.